The zero-order chi connectivity index (χ0) is 12.6. The van der Waals surface area contributed by atoms with Crippen LogP contribution in [0.5, 0.6) is 0 Å². The number of hydrogen-bond donors (Lipinski definition) is 1. The van der Waals surface area contributed by atoms with E-state index < -0.39 is 0 Å². The van der Waals surface area contributed by atoms with Gasteiger partial charge in [-0.05, 0) is 37.1 Å². The summed E-state index contributed by atoms with van der Waals surface area (Å²) >= 11 is 0. The van der Waals surface area contributed by atoms with Crippen LogP contribution in [0.3, 0.4) is 0 Å². The maximum atomic E-state index is 8.68. The minimum Gasteiger partial charge on any atom is -0.383 e. The predicted molar refractivity (Wildman–Crippen MR) is 69.4 cm³/mol. The number of benzene rings is 1. The molecule has 0 spiro atoms. The van der Waals surface area contributed by atoms with Gasteiger partial charge in [0.25, 0.3) is 0 Å². The average molecular weight is 246 g/mol. The molecule has 1 aromatic rings. The lowest BCUT2D eigenvalue weighted by Crippen LogP contribution is -2.17. The highest BCUT2D eigenvalue weighted by molar-refractivity contribution is 5.46. The van der Waals surface area contributed by atoms with Crippen molar-refractivity contribution in [2.24, 2.45) is 0 Å². The second-order valence-electron chi connectivity index (χ2n) is 4.33. The lowest BCUT2D eigenvalue weighted by Gasteiger charge is -2.11. The topological polar surface area (TPSA) is 54.3 Å². The number of nitriles is 1. The van der Waals surface area contributed by atoms with Gasteiger partial charge in [-0.25, -0.2) is 0 Å². The van der Waals surface area contributed by atoms with E-state index in [4.69, 9.17) is 14.7 Å². The van der Waals surface area contributed by atoms with Gasteiger partial charge in [-0.15, -0.1) is 0 Å². The largest absolute Gasteiger partial charge is 0.383 e. The Bertz CT molecular complexity index is 391. The summed E-state index contributed by atoms with van der Waals surface area (Å²) in [7, 11) is 0. The van der Waals surface area contributed by atoms with E-state index in [1.165, 1.54) is 0 Å². The van der Waals surface area contributed by atoms with Gasteiger partial charge < -0.3 is 14.8 Å². The van der Waals surface area contributed by atoms with Crippen LogP contribution in [0.4, 0.5) is 5.69 Å². The van der Waals surface area contributed by atoms with Crippen molar-refractivity contribution in [1.29, 1.82) is 5.26 Å². The molecule has 0 aromatic heterocycles. The Labute approximate surface area is 108 Å². The third-order valence-electron chi connectivity index (χ3n) is 2.92. The van der Waals surface area contributed by atoms with Gasteiger partial charge in [0.05, 0.1) is 31.0 Å². The van der Waals surface area contributed by atoms with E-state index in [0.717, 1.165) is 31.7 Å². The highest BCUT2D eigenvalue weighted by atomic mass is 16.5. The van der Waals surface area contributed by atoms with Gasteiger partial charge in [0.2, 0.25) is 0 Å². The van der Waals surface area contributed by atoms with Crippen molar-refractivity contribution in [3.8, 4) is 6.07 Å². The first-order valence-corrected chi connectivity index (χ1v) is 6.32. The first kappa shape index (κ1) is 12.9. The van der Waals surface area contributed by atoms with Crippen LogP contribution < -0.4 is 5.32 Å². The molecule has 1 unspecified atom stereocenters. The first-order valence-electron chi connectivity index (χ1n) is 6.32. The van der Waals surface area contributed by atoms with Crippen molar-refractivity contribution in [2.75, 3.05) is 31.7 Å². The Kier molecular flexibility index (Phi) is 5.00. The van der Waals surface area contributed by atoms with Crippen LogP contribution in [0.25, 0.3) is 0 Å². The molecule has 1 fully saturated rings. The smallest absolute Gasteiger partial charge is 0.0991 e. The third kappa shape index (κ3) is 4.02. The van der Waals surface area contributed by atoms with Gasteiger partial charge in [-0.2, -0.15) is 5.26 Å². The van der Waals surface area contributed by atoms with Gasteiger partial charge in [-0.1, -0.05) is 0 Å². The molecule has 1 heterocycles. The second kappa shape index (κ2) is 7.00. The van der Waals surface area contributed by atoms with E-state index in [2.05, 4.69) is 11.4 Å². The van der Waals surface area contributed by atoms with E-state index in [0.29, 0.717) is 24.9 Å². The molecule has 4 heteroatoms. The summed E-state index contributed by atoms with van der Waals surface area (Å²) in [5.41, 5.74) is 1.69. The van der Waals surface area contributed by atoms with Crippen molar-refractivity contribution in [1.82, 2.24) is 0 Å². The summed E-state index contributed by atoms with van der Waals surface area (Å²) in [4.78, 5) is 0. The fourth-order valence-electron chi connectivity index (χ4n) is 1.92. The Morgan fingerprint density at radius 2 is 2.22 bits per heavy atom. The fraction of sp³-hybridized carbons (Fsp3) is 0.500. The summed E-state index contributed by atoms with van der Waals surface area (Å²) in [6, 6.07) is 9.50. The van der Waals surface area contributed by atoms with Crippen molar-refractivity contribution in [3.63, 3.8) is 0 Å². The number of ether oxygens (including phenoxy) is 2. The van der Waals surface area contributed by atoms with E-state index in [9.17, 15) is 0 Å². The van der Waals surface area contributed by atoms with E-state index in [1.54, 1.807) is 12.1 Å². The molecule has 1 aliphatic heterocycles. The minimum atomic E-state index is 0.292. The quantitative estimate of drug-likeness (QED) is 0.781. The molecule has 18 heavy (non-hydrogen) atoms. The van der Waals surface area contributed by atoms with Gasteiger partial charge in [0, 0.05) is 18.8 Å². The first-order chi connectivity index (χ1) is 8.88. The number of nitrogens with one attached hydrogen (secondary N) is 1. The van der Waals surface area contributed by atoms with E-state index >= 15 is 0 Å². The Morgan fingerprint density at radius 1 is 1.39 bits per heavy atom. The van der Waals surface area contributed by atoms with Gasteiger partial charge >= 0.3 is 0 Å². The molecular weight excluding hydrogens is 228 g/mol. The predicted octanol–water partition coefficient (Wildman–Crippen LogP) is 2.17. The number of hydrogen-bond acceptors (Lipinski definition) is 4. The maximum Gasteiger partial charge on any atom is 0.0991 e. The third-order valence-corrected chi connectivity index (χ3v) is 2.92. The minimum absolute atomic E-state index is 0.292. The Morgan fingerprint density at radius 3 is 2.89 bits per heavy atom. The zero-order valence-electron chi connectivity index (χ0n) is 10.4. The molecule has 1 aromatic carbocycles. The van der Waals surface area contributed by atoms with Crippen LogP contribution in [0.1, 0.15) is 18.4 Å². The highest BCUT2D eigenvalue weighted by Gasteiger charge is 2.14. The SMILES string of the molecule is N#Cc1ccc(NCCOCC2CCCO2)cc1. The molecule has 1 saturated heterocycles. The van der Waals surface area contributed by atoms with E-state index in [1.807, 2.05) is 12.1 Å². The molecule has 1 atom stereocenters. The van der Waals surface area contributed by atoms with Gasteiger partial charge in [0.15, 0.2) is 0 Å². The summed E-state index contributed by atoms with van der Waals surface area (Å²) in [5.74, 6) is 0. The van der Waals surface area contributed by atoms with Crippen molar-refractivity contribution < 1.29 is 9.47 Å². The summed E-state index contributed by atoms with van der Waals surface area (Å²) in [6.45, 7) is 2.99. The average Bonchev–Trinajstić information content (AvgIpc) is 2.92. The Hall–Kier alpha value is -1.57. The number of anilines is 1. The molecular formula is C14H18N2O2. The molecule has 0 amide bonds. The molecule has 4 nitrogen and oxygen atoms in total. The summed E-state index contributed by atoms with van der Waals surface area (Å²) in [5, 5.41) is 11.9. The lowest BCUT2D eigenvalue weighted by molar-refractivity contribution is 0.0206. The molecule has 0 saturated carbocycles. The number of nitrogens with zero attached hydrogens (tertiary/aromatic N) is 1. The molecule has 1 aliphatic rings. The van der Waals surface area contributed by atoms with Gasteiger partial charge in [-0.3, -0.25) is 0 Å². The normalized spacial score (nSPS) is 18.5. The van der Waals surface area contributed by atoms with Crippen LogP contribution in [0.2, 0.25) is 0 Å². The van der Waals surface area contributed by atoms with Crippen molar-refractivity contribution in [3.05, 3.63) is 29.8 Å². The molecule has 96 valence electrons. The van der Waals surface area contributed by atoms with Crippen LogP contribution in [-0.4, -0.2) is 32.5 Å². The second-order valence-corrected chi connectivity index (χ2v) is 4.33. The molecule has 1 N–H and O–H groups in total. The lowest BCUT2D eigenvalue weighted by atomic mass is 10.2. The maximum absolute atomic E-state index is 8.68. The molecule has 0 bridgehead atoms. The molecule has 0 radical (unpaired) electrons. The van der Waals surface area contributed by atoms with E-state index in [-0.39, 0.29) is 0 Å². The summed E-state index contributed by atoms with van der Waals surface area (Å²) < 4.78 is 11.0. The number of rotatable bonds is 6. The molecule has 0 aliphatic carbocycles. The van der Waals surface area contributed by atoms with Crippen LogP contribution in [0.15, 0.2) is 24.3 Å². The standard InChI is InChI=1S/C14H18N2O2/c15-10-12-3-5-13(6-4-12)16-7-9-17-11-14-2-1-8-18-14/h3-6,14,16H,1-2,7-9,11H2. The van der Waals surface area contributed by atoms with Crippen molar-refractivity contribution in [2.45, 2.75) is 18.9 Å². The van der Waals surface area contributed by atoms with Crippen molar-refractivity contribution >= 4 is 5.69 Å². The highest BCUT2D eigenvalue weighted by Crippen LogP contribution is 2.12. The van der Waals surface area contributed by atoms with Crippen LogP contribution in [-0.2, 0) is 9.47 Å². The summed E-state index contributed by atoms with van der Waals surface area (Å²) in [6.07, 6.45) is 2.56. The fourth-order valence-corrected chi connectivity index (χ4v) is 1.92. The van der Waals surface area contributed by atoms with Crippen LogP contribution >= 0.6 is 0 Å². The molecule has 2 rings (SSSR count). The van der Waals surface area contributed by atoms with Crippen LogP contribution in [0, 0.1) is 11.3 Å². The zero-order valence-corrected chi connectivity index (χ0v) is 10.4. The Balaban J connectivity index is 1.58. The van der Waals surface area contributed by atoms with Gasteiger partial charge in [0.1, 0.15) is 0 Å². The monoisotopic (exact) mass is 246 g/mol.